The first-order valence-electron chi connectivity index (χ1n) is 8.31. The van der Waals surface area contributed by atoms with Gasteiger partial charge in [-0.3, -0.25) is 0 Å². The zero-order valence-electron chi connectivity index (χ0n) is 14.4. The summed E-state index contributed by atoms with van der Waals surface area (Å²) in [6, 6.07) is 12.1. The van der Waals surface area contributed by atoms with Crippen molar-refractivity contribution in [1.82, 2.24) is 10.2 Å². The number of morpholine rings is 1. The average molecular weight is 328 g/mol. The van der Waals surface area contributed by atoms with Crippen LogP contribution in [0.3, 0.4) is 0 Å². The summed E-state index contributed by atoms with van der Waals surface area (Å²) in [6.07, 6.45) is 0. The topological polar surface area (TPSA) is 50.8 Å². The number of nitrogens with zero attached hydrogens (tertiary/aromatic N) is 1. The van der Waals surface area contributed by atoms with E-state index in [0.717, 1.165) is 22.1 Å². The van der Waals surface area contributed by atoms with Gasteiger partial charge in [0, 0.05) is 11.9 Å². The van der Waals surface area contributed by atoms with Crippen molar-refractivity contribution in [3.63, 3.8) is 0 Å². The number of nitrogens with one attached hydrogen (secondary N) is 1. The first-order chi connectivity index (χ1) is 11.6. The van der Waals surface area contributed by atoms with Crippen molar-refractivity contribution < 1.29 is 14.3 Å². The Kier molecular flexibility index (Phi) is 4.90. The number of benzene rings is 2. The molecule has 3 rings (SSSR count). The van der Waals surface area contributed by atoms with Crippen LogP contribution in [0, 0.1) is 0 Å². The van der Waals surface area contributed by atoms with E-state index in [2.05, 4.69) is 17.4 Å². The van der Waals surface area contributed by atoms with E-state index in [4.69, 9.17) is 9.47 Å². The Morgan fingerprint density at radius 1 is 1.38 bits per heavy atom. The molecule has 2 aromatic carbocycles. The quantitative estimate of drug-likeness (QED) is 0.940. The number of amides is 2. The summed E-state index contributed by atoms with van der Waals surface area (Å²) < 4.78 is 10.9. The van der Waals surface area contributed by atoms with Crippen LogP contribution in [0.2, 0.25) is 0 Å². The van der Waals surface area contributed by atoms with E-state index in [1.54, 1.807) is 7.11 Å². The van der Waals surface area contributed by atoms with E-state index in [1.807, 2.05) is 43.0 Å². The second-order valence-electron chi connectivity index (χ2n) is 6.23. The summed E-state index contributed by atoms with van der Waals surface area (Å²) in [4.78, 5) is 14.4. The highest BCUT2D eigenvalue weighted by atomic mass is 16.5. The van der Waals surface area contributed by atoms with E-state index >= 15 is 0 Å². The Labute approximate surface area is 142 Å². The molecule has 2 aromatic rings. The van der Waals surface area contributed by atoms with Crippen molar-refractivity contribution in [2.45, 2.75) is 25.9 Å². The van der Waals surface area contributed by atoms with Crippen LogP contribution in [0.1, 0.15) is 25.5 Å². The van der Waals surface area contributed by atoms with Gasteiger partial charge in [-0.2, -0.15) is 0 Å². The smallest absolute Gasteiger partial charge is 0.318 e. The van der Waals surface area contributed by atoms with Crippen molar-refractivity contribution >= 4 is 16.8 Å². The van der Waals surface area contributed by atoms with Gasteiger partial charge < -0.3 is 19.7 Å². The molecule has 1 unspecified atom stereocenters. The number of rotatable bonds is 3. The van der Waals surface area contributed by atoms with Gasteiger partial charge in [0.25, 0.3) is 0 Å². The largest absolute Gasteiger partial charge is 0.496 e. The Bertz CT molecular complexity index is 732. The number of carbonyl (C=O) groups is 1. The van der Waals surface area contributed by atoms with Crippen molar-refractivity contribution in [3.05, 3.63) is 42.0 Å². The molecule has 2 atom stereocenters. The fraction of sp³-hybridized carbons (Fsp3) is 0.421. The number of hydrogen-bond donors (Lipinski definition) is 1. The first-order valence-corrected chi connectivity index (χ1v) is 8.31. The summed E-state index contributed by atoms with van der Waals surface area (Å²) in [5.41, 5.74) is 1.03. The van der Waals surface area contributed by atoms with Gasteiger partial charge in [0.15, 0.2) is 0 Å². The summed E-state index contributed by atoms with van der Waals surface area (Å²) in [7, 11) is 1.67. The summed E-state index contributed by atoms with van der Waals surface area (Å²) >= 11 is 0. The molecule has 0 radical (unpaired) electrons. The molecule has 1 heterocycles. The molecule has 0 bridgehead atoms. The highest BCUT2D eigenvalue weighted by molar-refractivity contribution is 5.89. The van der Waals surface area contributed by atoms with E-state index < -0.39 is 0 Å². The van der Waals surface area contributed by atoms with E-state index in [9.17, 15) is 4.79 Å². The van der Waals surface area contributed by atoms with Gasteiger partial charge in [-0.15, -0.1) is 0 Å². The minimum atomic E-state index is -0.106. The monoisotopic (exact) mass is 328 g/mol. The van der Waals surface area contributed by atoms with Crippen molar-refractivity contribution in [3.8, 4) is 5.75 Å². The number of methoxy groups -OCH3 is 1. The summed E-state index contributed by atoms with van der Waals surface area (Å²) in [6.45, 7) is 5.80. The van der Waals surface area contributed by atoms with Crippen LogP contribution in [0.4, 0.5) is 4.79 Å². The lowest BCUT2D eigenvalue weighted by Crippen LogP contribution is -2.51. The summed E-state index contributed by atoms with van der Waals surface area (Å²) in [5.74, 6) is 0.823. The lowest BCUT2D eigenvalue weighted by molar-refractivity contribution is 0.0185. The van der Waals surface area contributed by atoms with Crippen LogP contribution in [-0.4, -0.2) is 43.8 Å². The molecule has 1 aliphatic rings. The molecule has 0 aromatic heterocycles. The van der Waals surface area contributed by atoms with Gasteiger partial charge in [-0.05, 0) is 36.9 Å². The summed E-state index contributed by atoms with van der Waals surface area (Å²) in [5, 5.41) is 5.27. The third-order valence-electron chi connectivity index (χ3n) is 4.53. The predicted octanol–water partition coefficient (Wildman–Crippen LogP) is 3.34. The highest BCUT2D eigenvalue weighted by Crippen LogP contribution is 2.30. The lowest BCUT2D eigenvalue weighted by Gasteiger charge is -2.34. The fourth-order valence-corrected chi connectivity index (χ4v) is 3.10. The SMILES string of the molecule is COc1cc(C(C)NC(=O)N2CCOC[C@H]2C)cc2ccccc12. The van der Waals surface area contributed by atoms with Crippen LogP contribution in [0.15, 0.2) is 36.4 Å². The molecule has 5 heteroatoms. The molecule has 128 valence electrons. The zero-order chi connectivity index (χ0) is 17.1. The zero-order valence-corrected chi connectivity index (χ0v) is 14.4. The van der Waals surface area contributed by atoms with E-state index in [0.29, 0.717) is 19.8 Å². The van der Waals surface area contributed by atoms with Gasteiger partial charge in [0.1, 0.15) is 5.75 Å². The molecule has 0 spiro atoms. The first kappa shape index (κ1) is 16.6. The maximum absolute atomic E-state index is 12.5. The van der Waals surface area contributed by atoms with Crippen LogP contribution in [0.25, 0.3) is 10.8 Å². The van der Waals surface area contributed by atoms with Gasteiger partial charge in [0.2, 0.25) is 0 Å². The molecular weight excluding hydrogens is 304 g/mol. The molecule has 1 saturated heterocycles. The van der Waals surface area contributed by atoms with E-state index in [-0.39, 0.29) is 18.1 Å². The average Bonchev–Trinajstić information content (AvgIpc) is 2.60. The number of urea groups is 1. The van der Waals surface area contributed by atoms with E-state index in [1.165, 1.54) is 0 Å². The Balaban J connectivity index is 1.80. The molecule has 1 fully saturated rings. The molecule has 1 aliphatic heterocycles. The number of fused-ring (bicyclic) bond motifs is 1. The predicted molar refractivity (Wildman–Crippen MR) is 94.4 cm³/mol. The fourth-order valence-electron chi connectivity index (χ4n) is 3.10. The second-order valence-corrected chi connectivity index (χ2v) is 6.23. The molecule has 1 N–H and O–H groups in total. The third-order valence-corrected chi connectivity index (χ3v) is 4.53. The van der Waals surface area contributed by atoms with Crippen molar-refractivity contribution in [1.29, 1.82) is 0 Å². The maximum Gasteiger partial charge on any atom is 0.318 e. The van der Waals surface area contributed by atoms with Gasteiger partial charge in [0.05, 0.1) is 32.4 Å². The van der Waals surface area contributed by atoms with Crippen LogP contribution in [-0.2, 0) is 4.74 Å². The number of carbonyl (C=O) groups excluding carboxylic acids is 1. The van der Waals surface area contributed by atoms with Crippen molar-refractivity contribution in [2.24, 2.45) is 0 Å². The highest BCUT2D eigenvalue weighted by Gasteiger charge is 2.25. The molecule has 2 amide bonds. The van der Waals surface area contributed by atoms with Gasteiger partial charge in [-0.1, -0.05) is 24.3 Å². The minimum Gasteiger partial charge on any atom is -0.496 e. The second kappa shape index (κ2) is 7.09. The van der Waals surface area contributed by atoms with Crippen LogP contribution >= 0.6 is 0 Å². The molecule has 5 nitrogen and oxygen atoms in total. The van der Waals surface area contributed by atoms with Crippen molar-refractivity contribution in [2.75, 3.05) is 26.9 Å². The third kappa shape index (κ3) is 3.31. The Morgan fingerprint density at radius 2 is 2.17 bits per heavy atom. The standard InChI is InChI=1S/C19H24N2O3/c1-13-12-24-9-8-21(13)19(22)20-14(2)16-10-15-6-4-5-7-17(15)18(11-16)23-3/h4-7,10-11,13-14H,8-9,12H2,1-3H3,(H,20,22)/t13-,14?/m1/s1. The Morgan fingerprint density at radius 3 is 2.92 bits per heavy atom. The molecule has 0 saturated carbocycles. The Hall–Kier alpha value is -2.27. The molecule has 0 aliphatic carbocycles. The molecular formula is C19H24N2O3. The number of ether oxygens (including phenoxy) is 2. The minimum absolute atomic E-state index is 0.0505. The lowest BCUT2D eigenvalue weighted by atomic mass is 10.0. The normalized spacial score (nSPS) is 19.1. The van der Waals surface area contributed by atoms with Gasteiger partial charge in [-0.25, -0.2) is 4.79 Å². The van der Waals surface area contributed by atoms with Crippen LogP contribution < -0.4 is 10.1 Å². The maximum atomic E-state index is 12.5. The van der Waals surface area contributed by atoms with Gasteiger partial charge >= 0.3 is 6.03 Å². The number of hydrogen-bond acceptors (Lipinski definition) is 3. The van der Waals surface area contributed by atoms with Crippen LogP contribution in [0.5, 0.6) is 5.75 Å². The molecule has 24 heavy (non-hydrogen) atoms.